The van der Waals surface area contributed by atoms with Crippen LogP contribution in [0.25, 0.3) is 0 Å². The van der Waals surface area contributed by atoms with Crippen molar-refractivity contribution >= 4 is 28.8 Å². The van der Waals surface area contributed by atoms with Crippen molar-refractivity contribution in [3.63, 3.8) is 0 Å². The summed E-state index contributed by atoms with van der Waals surface area (Å²) in [4.78, 5) is 36.0. The molecular weight excluding hydrogens is 552 g/mol. The van der Waals surface area contributed by atoms with Gasteiger partial charge in [0, 0.05) is 40.5 Å². The molecule has 7 nitrogen and oxygen atoms in total. The van der Waals surface area contributed by atoms with Crippen LogP contribution in [0, 0.1) is 18.8 Å². The van der Waals surface area contributed by atoms with Crippen LogP contribution >= 0.6 is 11.8 Å². The highest BCUT2D eigenvalue weighted by Crippen LogP contribution is 2.26. The zero-order chi connectivity index (χ0) is 30.2. The molecule has 216 valence electrons. The van der Waals surface area contributed by atoms with E-state index >= 15 is 0 Å². The van der Waals surface area contributed by atoms with Crippen LogP contribution in [0.1, 0.15) is 46.3 Å². The highest BCUT2D eigenvalue weighted by Gasteiger charge is 2.10. The van der Waals surface area contributed by atoms with Crippen LogP contribution in [-0.4, -0.2) is 36.9 Å². The van der Waals surface area contributed by atoms with Gasteiger partial charge in [0.2, 0.25) is 5.12 Å². The third-order valence-corrected chi connectivity index (χ3v) is 6.60. The minimum atomic E-state index is -0.452. The lowest BCUT2D eigenvalue weighted by Crippen LogP contribution is -2.06. The quantitative estimate of drug-likeness (QED) is 0.0519. The first-order valence-electron chi connectivity index (χ1n) is 13.3. The van der Waals surface area contributed by atoms with Crippen molar-refractivity contribution in [2.75, 3.05) is 19.8 Å². The van der Waals surface area contributed by atoms with Gasteiger partial charge in [0.05, 0.1) is 26.1 Å². The normalized spacial score (nSPS) is 10.0. The lowest BCUT2D eigenvalue weighted by molar-refractivity contribution is -0.139. The average Bonchev–Trinajstić information content (AvgIpc) is 3.00. The molecule has 0 amide bonds. The molecule has 3 aromatic carbocycles. The van der Waals surface area contributed by atoms with E-state index in [1.54, 1.807) is 18.2 Å². The van der Waals surface area contributed by atoms with Crippen LogP contribution in [0.4, 0.5) is 0 Å². The molecule has 0 bridgehead atoms. The zero-order valence-electron chi connectivity index (χ0n) is 23.4. The highest BCUT2D eigenvalue weighted by atomic mass is 32.2. The topological polar surface area (TPSA) is 88.1 Å². The fraction of sp³-hybridized carbons (Fsp3) is 0.206. The van der Waals surface area contributed by atoms with Crippen LogP contribution in [0.2, 0.25) is 0 Å². The molecule has 0 aliphatic carbocycles. The Labute approximate surface area is 250 Å². The van der Waals surface area contributed by atoms with E-state index < -0.39 is 5.97 Å². The van der Waals surface area contributed by atoms with Gasteiger partial charge in [-0.25, -0.2) is 4.79 Å². The number of benzene rings is 3. The van der Waals surface area contributed by atoms with Crippen molar-refractivity contribution in [2.24, 2.45) is 0 Å². The summed E-state index contributed by atoms with van der Waals surface area (Å²) >= 11 is 1.14. The number of hydrogen-bond donors (Lipinski definition) is 0. The molecule has 3 aromatic rings. The summed E-state index contributed by atoms with van der Waals surface area (Å²) in [5, 5.41) is -0.0662. The molecule has 0 saturated carbocycles. The van der Waals surface area contributed by atoms with E-state index in [9.17, 15) is 14.4 Å². The average molecular weight is 585 g/mol. The highest BCUT2D eigenvalue weighted by molar-refractivity contribution is 8.14. The molecule has 0 saturated heterocycles. The molecule has 3 rings (SSSR count). The summed E-state index contributed by atoms with van der Waals surface area (Å²) < 4.78 is 20.9. The Morgan fingerprint density at radius 1 is 0.833 bits per heavy atom. The van der Waals surface area contributed by atoms with Gasteiger partial charge in [-0.15, -0.1) is 0 Å². The van der Waals surface area contributed by atoms with Crippen molar-refractivity contribution in [3.05, 3.63) is 114 Å². The number of esters is 2. The Bertz CT molecular complexity index is 1450. The first-order chi connectivity index (χ1) is 20.4. The van der Waals surface area contributed by atoms with Gasteiger partial charge < -0.3 is 18.9 Å². The summed E-state index contributed by atoms with van der Waals surface area (Å²) in [7, 11) is 0. The van der Waals surface area contributed by atoms with Gasteiger partial charge >= 0.3 is 11.9 Å². The van der Waals surface area contributed by atoms with E-state index in [2.05, 4.69) is 29.7 Å². The van der Waals surface area contributed by atoms with Crippen LogP contribution in [-0.2, 0) is 19.1 Å². The van der Waals surface area contributed by atoms with Crippen molar-refractivity contribution < 1.29 is 33.3 Å². The van der Waals surface area contributed by atoms with E-state index in [0.29, 0.717) is 43.1 Å². The molecule has 0 atom stereocenters. The predicted octanol–water partition coefficient (Wildman–Crippen LogP) is 6.67. The standard InChI is InChI=1S/C34H32O7S/c1-4-32(35)41-23-7-22-40-30-17-19-31(20-18-30)42-34(37)28-14-13-27(25(3)24-28)12-9-26-10-15-29(16-11-26)39-21-6-8-33(36)38-5-2/h4-5,10-11,13-20,24H,1-2,6-8,21-23H2,3H3. The molecule has 8 heteroatoms. The Kier molecular flexibility index (Phi) is 13.0. The minimum absolute atomic E-state index is 0.0662. The fourth-order valence-electron chi connectivity index (χ4n) is 3.51. The molecule has 0 fully saturated rings. The predicted molar refractivity (Wildman–Crippen MR) is 163 cm³/mol. The Hall–Kier alpha value is -4.74. The molecule has 0 heterocycles. The van der Waals surface area contributed by atoms with Gasteiger partial charge in [-0.1, -0.05) is 25.0 Å². The molecule has 0 aliphatic heterocycles. The number of thioether (sulfide) groups is 1. The van der Waals surface area contributed by atoms with E-state index in [4.69, 9.17) is 14.2 Å². The second-order valence-electron chi connectivity index (χ2n) is 8.85. The maximum absolute atomic E-state index is 12.9. The maximum atomic E-state index is 12.9. The Morgan fingerprint density at radius 2 is 1.50 bits per heavy atom. The van der Waals surface area contributed by atoms with Crippen molar-refractivity contribution in [1.82, 2.24) is 0 Å². The smallest absolute Gasteiger partial charge is 0.330 e. The first kappa shape index (κ1) is 31.8. The van der Waals surface area contributed by atoms with E-state index in [1.165, 1.54) is 0 Å². The molecule has 0 radical (unpaired) electrons. The monoisotopic (exact) mass is 584 g/mol. The van der Waals surface area contributed by atoms with Crippen LogP contribution < -0.4 is 9.47 Å². The molecule has 42 heavy (non-hydrogen) atoms. The fourth-order valence-corrected chi connectivity index (χ4v) is 4.24. The van der Waals surface area contributed by atoms with Crippen LogP contribution in [0.15, 0.2) is 97.1 Å². The third kappa shape index (κ3) is 11.0. The van der Waals surface area contributed by atoms with Gasteiger partial charge in [-0.3, -0.25) is 9.59 Å². The van der Waals surface area contributed by atoms with Gasteiger partial charge in [0.15, 0.2) is 0 Å². The van der Waals surface area contributed by atoms with Gasteiger partial charge in [-0.05, 0) is 97.4 Å². The van der Waals surface area contributed by atoms with Crippen molar-refractivity contribution in [3.8, 4) is 23.3 Å². The minimum Gasteiger partial charge on any atom is -0.494 e. The van der Waals surface area contributed by atoms with E-state index in [1.807, 2.05) is 55.5 Å². The van der Waals surface area contributed by atoms with Crippen molar-refractivity contribution in [2.45, 2.75) is 31.1 Å². The van der Waals surface area contributed by atoms with Gasteiger partial charge in [-0.2, -0.15) is 0 Å². The molecule has 0 unspecified atom stereocenters. The second-order valence-corrected chi connectivity index (χ2v) is 9.89. The van der Waals surface area contributed by atoms with E-state index in [-0.39, 0.29) is 24.1 Å². The van der Waals surface area contributed by atoms with Gasteiger partial charge in [0.1, 0.15) is 11.5 Å². The Balaban J connectivity index is 1.47. The lowest BCUT2D eigenvalue weighted by Gasteiger charge is -2.08. The molecule has 0 N–H and O–H groups in total. The number of rotatable bonds is 14. The number of carbonyl (C=O) groups excluding carboxylic acids is 3. The number of hydrogen-bond acceptors (Lipinski definition) is 8. The summed E-state index contributed by atoms with van der Waals surface area (Å²) in [6.07, 6.45) is 3.62. The maximum Gasteiger partial charge on any atom is 0.330 e. The summed E-state index contributed by atoms with van der Waals surface area (Å²) in [5.41, 5.74) is 3.17. The molecular formula is C34H32O7S. The van der Waals surface area contributed by atoms with E-state index in [0.717, 1.165) is 45.7 Å². The Morgan fingerprint density at radius 3 is 2.14 bits per heavy atom. The lowest BCUT2D eigenvalue weighted by atomic mass is 10.1. The van der Waals surface area contributed by atoms with Crippen LogP contribution in [0.5, 0.6) is 11.5 Å². The SMILES string of the molecule is C=COC(=O)CCCOc1ccc(C#Cc2ccc(C(=O)Sc3ccc(OCCCOC(=O)C=C)cc3)cc2C)cc1. The second kappa shape index (κ2) is 17.2. The molecule has 0 aliphatic rings. The van der Waals surface area contributed by atoms with Gasteiger partial charge in [0.25, 0.3) is 0 Å². The largest absolute Gasteiger partial charge is 0.494 e. The number of ether oxygens (including phenoxy) is 4. The third-order valence-electron chi connectivity index (χ3n) is 5.67. The summed E-state index contributed by atoms with van der Waals surface area (Å²) in [5.74, 6) is 6.90. The first-order valence-corrected chi connectivity index (χ1v) is 14.1. The van der Waals surface area contributed by atoms with Crippen LogP contribution in [0.3, 0.4) is 0 Å². The molecule has 0 spiro atoms. The summed E-state index contributed by atoms with van der Waals surface area (Å²) in [6, 6.07) is 20.2. The number of carbonyl (C=O) groups is 3. The zero-order valence-corrected chi connectivity index (χ0v) is 24.2. The number of aryl methyl sites for hydroxylation is 1. The van der Waals surface area contributed by atoms with Crippen molar-refractivity contribution in [1.29, 1.82) is 0 Å². The summed E-state index contributed by atoms with van der Waals surface area (Å²) in [6.45, 7) is 9.70. The molecule has 0 aromatic heterocycles.